The normalized spacial score (nSPS) is 15.8. The van der Waals surface area contributed by atoms with Crippen molar-refractivity contribution in [3.63, 3.8) is 0 Å². The number of nitrogens with zero attached hydrogens (tertiary/aromatic N) is 3. The molecule has 0 atom stereocenters. The van der Waals surface area contributed by atoms with E-state index in [1.165, 1.54) is 66.8 Å². The summed E-state index contributed by atoms with van der Waals surface area (Å²) in [5, 5.41) is 5.34. The third-order valence-electron chi connectivity index (χ3n) is 7.62. The van der Waals surface area contributed by atoms with E-state index in [0.717, 1.165) is 0 Å². The highest BCUT2D eigenvalue weighted by molar-refractivity contribution is 6.80. The molecule has 4 aliphatic rings. The molecule has 5 aromatic rings. The number of para-hydroxylation sites is 2. The van der Waals surface area contributed by atoms with Crippen LogP contribution in [0.4, 0.5) is 34.1 Å². The van der Waals surface area contributed by atoms with Gasteiger partial charge < -0.3 is 14.4 Å². The van der Waals surface area contributed by atoms with Gasteiger partial charge in [-0.2, -0.15) is 0 Å². The molecule has 0 unspecified atom stereocenters. The van der Waals surface area contributed by atoms with Crippen LogP contribution in [-0.2, 0) is 0 Å². The Morgan fingerprint density at radius 3 is 1.50 bits per heavy atom. The number of fused-ring (bicyclic) bond motifs is 7. The van der Waals surface area contributed by atoms with Crippen molar-refractivity contribution in [2.24, 2.45) is 0 Å². The molecule has 0 saturated carbocycles. The molecule has 32 heavy (non-hydrogen) atoms. The summed E-state index contributed by atoms with van der Waals surface area (Å²) in [5.41, 5.74) is 10.3. The van der Waals surface area contributed by atoms with Crippen molar-refractivity contribution in [1.29, 1.82) is 0 Å². The molecule has 9 rings (SSSR count). The van der Waals surface area contributed by atoms with Gasteiger partial charge in [-0.05, 0) is 52.9 Å². The first kappa shape index (κ1) is 15.6. The van der Waals surface area contributed by atoms with E-state index in [2.05, 4.69) is 112 Å². The second-order valence-corrected chi connectivity index (χ2v) is 9.03. The van der Waals surface area contributed by atoms with Crippen LogP contribution >= 0.6 is 0 Å². The molecule has 3 nitrogen and oxygen atoms in total. The van der Waals surface area contributed by atoms with E-state index in [9.17, 15) is 0 Å². The molecule has 0 radical (unpaired) electrons. The fraction of sp³-hybridized carbons (Fsp3) is 0. The summed E-state index contributed by atoms with van der Waals surface area (Å²) in [5.74, 6) is 0. The van der Waals surface area contributed by atoms with E-state index in [1.54, 1.807) is 0 Å². The van der Waals surface area contributed by atoms with Crippen molar-refractivity contribution in [2.45, 2.75) is 0 Å². The maximum atomic E-state index is 2.56. The third-order valence-corrected chi connectivity index (χ3v) is 7.62. The van der Waals surface area contributed by atoms with Gasteiger partial charge in [0.05, 0.1) is 11.4 Å². The molecular formula is C28H16BN3. The Labute approximate surface area is 185 Å². The summed E-state index contributed by atoms with van der Waals surface area (Å²) in [6, 6.07) is 31.5. The zero-order valence-electron chi connectivity index (χ0n) is 17.2. The molecule has 0 amide bonds. The molecule has 0 N–H and O–H groups in total. The van der Waals surface area contributed by atoms with Crippen LogP contribution < -0.4 is 14.4 Å². The van der Waals surface area contributed by atoms with Gasteiger partial charge in [0.15, 0.2) is 0 Å². The van der Waals surface area contributed by atoms with Gasteiger partial charge in [-0.15, -0.1) is 0 Å². The molecule has 146 valence electrons. The van der Waals surface area contributed by atoms with Gasteiger partial charge in [0.25, 0.3) is 0 Å². The topological polar surface area (TPSA) is 9.72 Å². The van der Waals surface area contributed by atoms with E-state index < -0.39 is 0 Å². The van der Waals surface area contributed by atoms with Crippen LogP contribution in [0.15, 0.2) is 84.9 Å². The Balaban J connectivity index is 1.53. The van der Waals surface area contributed by atoms with Gasteiger partial charge >= 0.3 is 7.12 Å². The van der Waals surface area contributed by atoms with Crippen molar-refractivity contribution in [3.8, 4) is 0 Å². The third kappa shape index (κ3) is 1.53. The van der Waals surface area contributed by atoms with Crippen LogP contribution in [0.25, 0.3) is 33.7 Å². The molecule has 0 aromatic heterocycles. The van der Waals surface area contributed by atoms with E-state index in [4.69, 9.17) is 0 Å². The molecule has 1 aliphatic carbocycles. The lowest BCUT2D eigenvalue weighted by Gasteiger charge is -2.46. The SMILES string of the molecule is C1=Cc2ccc3c4c(ccc1c24)N1B2N(c4ccccc41)c1cccc4cccc(c14)N23. The first-order valence-electron chi connectivity index (χ1n) is 11.2. The molecule has 0 saturated heterocycles. The maximum Gasteiger partial charge on any atom is 0.519 e. The number of hydrogen-bond donors (Lipinski definition) is 0. The fourth-order valence-electron chi connectivity index (χ4n) is 6.43. The lowest BCUT2D eigenvalue weighted by atomic mass is 9.75. The fourth-order valence-corrected chi connectivity index (χ4v) is 6.43. The van der Waals surface area contributed by atoms with Gasteiger partial charge in [0.1, 0.15) is 0 Å². The van der Waals surface area contributed by atoms with E-state index in [0.29, 0.717) is 0 Å². The Morgan fingerprint density at radius 2 is 0.906 bits per heavy atom. The van der Waals surface area contributed by atoms with Crippen molar-refractivity contribution < 1.29 is 0 Å². The zero-order chi connectivity index (χ0) is 20.6. The highest BCUT2D eigenvalue weighted by Gasteiger charge is 2.54. The van der Waals surface area contributed by atoms with Crippen LogP contribution in [0, 0.1) is 0 Å². The minimum atomic E-state index is 0.0500. The highest BCUT2D eigenvalue weighted by Crippen LogP contribution is 2.60. The molecular weight excluding hydrogens is 389 g/mol. The smallest absolute Gasteiger partial charge is 0.344 e. The van der Waals surface area contributed by atoms with Gasteiger partial charge in [-0.3, -0.25) is 0 Å². The number of benzene rings is 5. The van der Waals surface area contributed by atoms with Crippen LogP contribution in [0.5, 0.6) is 0 Å². The molecule has 0 spiro atoms. The summed E-state index contributed by atoms with van der Waals surface area (Å²) in [7, 11) is 0.0500. The monoisotopic (exact) mass is 405 g/mol. The van der Waals surface area contributed by atoms with Crippen molar-refractivity contribution in [3.05, 3.63) is 96.1 Å². The van der Waals surface area contributed by atoms with Crippen molar-refractivity contribution in [1.82, 2.24) is 0 Å². The minimum Gasteiger partial charge on any atom is -0.344 e. The molecule has 5 aromatic carbocycles. The number of rotatable bonds is 0. The van der Waals surface area contributed by atoms with Crippen LogP contribution in [0.3, 0.4) is 0 Å². The largest absolute Gasteiger partial charge is 0.519 e. The van der Waals surface area contributed by atoms with Crippen LogP contribution in [-0.4, -0.2) is 7.12 Å². The molecule has 3 aliphatic heterocycles. The average molecular weight is 405 g/mol. The van der Waals surface area contributed by atoms with E-state index in [1.807, 2.05) is 0 Å². The average Bonchev–Trinajstić information content (AvgIpc) is 3.42. The van der Waals surface area contributed by atoms with Crippen LogP contribution in [0.2, 0.25) is 0 Å². The molecule has 3 heterocycles. The predicted octanol–water partition coefficient (Wildman–Crippen LogP) is 7.22. The number of hydrogen-bond acceptors (Lipinski definition) is 3. The van der Waals surface area contributed by atoms with E-state index in [-0.39, 0.29) is 7.12 Å². The predicted molar refractivity (Wildman–Crippen MR) is 135 cm³/mol. The van der Waals surface area contributed by atoms with Gasteiger partial charge in [-0.25, -0.2) is 0 Å². The first-order valence-corrected chi connectivity index (χ1v) is 11.2. The standard InChI is InChI=1S/C28H16BN3/c1-2-8-21-20(7-1)30-22-9-3-5-17-6-4-10-23(27(17)22)32-25-16-14-19-12-11-18-13-15-24(28(25)26(18)19)31(21)29(30)32/h1-16H. The van der Waals surface area contributed by atoms with Gasteiger partial charge in [0.2, 0.25) is 0 Å². The summed E-state index contributed by atoms with van der Waals surface area (Å²) in [6.07, 6.45) is 4.50. The number of anilines is 6. The Bertz CT molecular complexity index is 1700. The lowest BCUT2D eigenvalue weighted by Crippen LogP contribution is -2.59. The Kier molecular flexibility index (Phi) is 2.44. The second kappa shape index (κ2) is 5.00. The van der Waals surface area contributed by atoms with Crippen LogP contribution in [0.1, 0.15) is 11.1 Å². The Hall–Kier alpha value is -4.18. The van der Waals surface area contributed by atoms with E-state index >= 15 is 0 Å². The minimum absolute atomic E-state index is 0.0500. The second-order valence-electron chi connectivity index (χ2n) is 9.03. The zero-order valence-corrected chi connectivity index (χ0v) is 17.2. The first-order chi connectivity index (χ1) is 15.9. The summed E-state index contributed by atoms with van der Waals surface area (Å²) < 4.78 is 0. The van der Waals surface area contributed by atoms with Gasteiger partial charge in [0, 0.05) is 38.9 Å². The molecule has 4 heteroatoms. The highest BCUT2D eigenvalue weighted by atomic mass is 15.4. The maximum absolute atomic E-state index is 2.56. The lowest BCUT2D eigenvalue weighted by molar-refractivity contribution is 1.25. The summed E-state index contributed by atoms with van der Waals surface area (Å²) >= 11 is 0. The molecule has 0 bridgehead atoms. The Morgan fingerprint density at radius 1 is 0.406 bits per heavy atom. The summed E-state index contributed by atoms with van der Waals surface area (Å²) in [4.78, 5) is 7.63. The molecule has 0 fully saturated rings. The quantitative estimate of drug-likeness (QED) is 0.247. The summed E-state index contributed by atoms with van der Waals surface area (Å²) in [6.45, 7) is 0. The van der Waals surface area contributed by atoms with Gasteiger partial charge in [-0.1, -0.05) is 60.7 Å². The van der Waals surface area contributed by atoms with Crippen molar-refractivity contribution in [2.75, 3.05) is 14.4 Å². The van der Waals surface area contributed by atoms with Crippen molar-refractivity contribution >= 4 is 74.9 Å².